The molecule has 0 saturated heterocycles. The SMILES string of the molecule is C=C(C)COC(C)OC(C)Oc1ccc(C(C)(C)c2ccc(OC(C)OC(C)OCC(=C)C)cc2)cc1. The van der Waals surface area contributed by atoms with Crippen molar-refractivity contribution in [3.05, 3.63) is 84.0 Å². The minimum absolute atomic E-state index is 0.211. The summed E-state index contributed by atoms with van der Waals surface area (Å²) in [7, 11) is 0. The first-order valence-electron chi connectivity index (χ1n) is 12.7. The molecule has 6 nitrogen and oxygen atoms in total. The fourth-order valence-electron chi connectivity index (χ4n) is 3.64. The topological polar surface area (TPSA) is 55.4 Å². The minimum Gasteiger partial charge on any atom is -0.465 e. The zero-order valence-corrected chi connectivity index (χ0v) is 23.7. The molecule has 0 aliphatic heterocycles. The molecule has 204 valence electrons. The molecule has 0 bridgehead atoms. The Morgan fingerprint density at radius 3 is 1.24 bits per heavy atom. The van der Waals surface area contributed by atoms with Gasteiger partial charge in [-0.3, -0.25) is 0 Å². The Morgan fingerprint density at radius 1 is 0.622 bits per heavy atom. The summed E-state index contributed by atoms with van der Waals surface area (Å²) in [4.78, 5) is 0. The Balaban J connectivity index is 1.93. The third-order valence-electron chi connectivity index (χ3n) is 5.65. The lowest BCUT2D eigenvalue weighted by molar-refractivity contribution is -0.200. The summed E-state index contributed by atoms with van der Waals surface area (Å²) >= 11 is 0. The van der Waals surface area contributed by atoms with Gasteiger partial charge in [-0.1, -0.05) is 62.4 Å². The van der Waals surface area contributed by atoms with E-state index >= 15 is 0 Å². The third-order valence-corrected chi connectivity index (χ3v) is 5.65. The zero-order valence-electron chi connectivity index (χ0n) is 23.7. The van der Waals surface area contributed by atoms with Crippen molar-refractivity contribution < 1.29 is 28.4 Å². The van der Waals surface area contributed by atoms with Crippen LogP contribution in [0, 0.1) is 0 Å². The van der Waals surface area contributed by atoms with Gasteiger partial charge in [0.15, 0.2) is 25.2 Å². The van der Waals surface area contributed by atoms with Gasteiger partial charge in [-0.25, -0.2) is 0 Å². The molecule has 0 saturated carbocycles. The van der Waals surface area contributed by atoms with E-state index in [1.807, 2.05) is 65.8 Å². The smallest absolute Gasteiger partial charge is 0.199 e. The maximum absolute atomic E-state index is 5.91. The summed E-state index contributed by atoms with van der Waals surface area (Å²) in [5.74, 6) is 1.47. The van der Waals surface area contributed by atoms with Crippen LogP contribution >= 0.6 is 0 Å². The van der Waals surface area contributed by atoms with Gasteiger partial charge in [-0.15, -0.1) is 0 Å². The molecule has 0 aliphatic carbocycles. The Kier molecular flexibility index (Phi) is 11.9. The number of rotatable bonds is 16. The van der Waals surface area contributed by atoms with E-state index in [0.717, 1.165) is 22.6 Å². The number of ether oxygens (including phenoxy) is 6. The molecule has 0 N–H and O–H groups in total. The highest BCUT2D eigenvalue weighted by Crippen LogP contribution is 2.33. The summed E-state index contributed by atoms with van der Waals surface area (Å²) in [6, 6.07) is 16.2. The van der Waals surface area contributed by atoms with Crippen molar-refractivity contribution in [1.82, 2.24) is 0 Å². The van der Waals surface area contributed by atoms with Gasteiger partial charge in [0.2, 0.25) is 0 Å². The van der Waals surface area contributed by atoms with Gasteiger partial charge in [0.05, 0.1) is 13.2 Å². The van der Waals surface area contributed by atoms with E-state index < -0.39 is 12.6 Å². The fraction of sp³-hybridized carbons (Fsp3) is 0.484. The lowest BCUT2D eigenvalue weighted by Crippen LogP contribution is -2.25. The summed E-state index contributed by atoms with van der Waals surface area (Å²) in [5, 5.41) is 0. The quantitative estimate of drug-likeness (QED) is 0.173. The van der Waals surface area contributed by atoms with Gasteiger partial charge in [-0.2, -0.15) is 0 Å². The maximum Gasteiger partial charge on any atom is 0.199 e. The standard InChI is InChI=1S/C31H44O6/c1-21(2)19-32-23(5)34-25(7)36-29-15-11-27(12-16-29)31(9,10)28-13-17-30(18-14-28)37-26(8)35-24(6)33-20-22(3)4/h11-18,23-26H,1,3,19-20H2,2,4-10H3. The van der Waals surface area contributed by atoms with Crippen molar-refractivity contribution >= 4 is 0 Å². The molecule has 0 radical (unpaired) electrons. The van der Waals surface area contributed by atoms with Crippen LogP contribution in [0.2, 0.25) is 0 Å². The van der Waals surface area contributed by atoms with Crippen molar-refractivity contribution in [1.29, 1.82) is 0 Å². The summed E-state index contributed by atoms with van der Waals surface area (Å²) in [6.45, 7) is 24.2. The van der Waals surface area contributed by atoms with Crippen molar-refractivity contribution in [2.45, 2.75) is 86.0 Å². The fourth-order valence-corrected chi connectivity index (χ4v) is 3.64. The second-order valence-electron chi connectivity index (χ2n) is 9.99. The van der Waals surface area contributed by atoms with Gasteiger partial charge in [0.1, 0.15) is 11.5 Å². The molecule has 0 aliphatic rings. The molecule has 2 rings (SSSR count). The van der Waals surface area contributed by atoms with Gasteiger partial charge >= 0.3 is 0 Å². The van der Waals surface area contributed by atoms with Crippen LogP contribution in [0.3, 0.4) is 0 Å². The molecule has 0 amide bonds. The summed E-state index contributed by atoms with van der Waals surface area (Å²) in [6.07, 6.45) is -1.66. The zero-order chi connectivity index (χ0) is 27.6. The van der Waals surface area contributed by atoms with E-state index in [4.69, 9.17) is 28.4 Å². The van der Waals surface area contributed by atoms with Crippen molar-refractivity contribution in [2.75, 3.05) is 13.2 Å². The molecule has 0 aromatic heterocycles. The van der Waals surface area contributed by atoms with Gasteiger partial charge < -0.3 is 28.4 Å². The molecule has 4 atom stereocenters. The molecule has 2 aromatic rings. The molecule has 0 fully saturated rings. The van der Waals surface area contributed by atoms with Crippen molar-refractivity contribution in [3.8, 4) is 11.5 Å². The first kappa shape index (κ1) is 30.6. The van der Waals surface area contributed by atoms with E-state index in [1.165, 1.54) is 11.1 Å². The van der Waals surface area contributed by atoms with E-state index in [9.17, 15) is 0 Å². The summed E-state index contributed by atoms with van der Waals surface area (Å²) in [5.41, 5.74) is 4.02. The number of benzene rings is 2. The largest absolute Gasteiger partial charge is 0.465 e. The number of hydrogen-bond donors (Lipinski definition) is 0. The van der Waals surface area contributed by atoms with Crippen molar-refractivity contribution in [2.24, 2.45) is 0 Å². The molecule has 37 heavy (non-hydrogen) atoms. The number of hydrogen-bond acceptors (Lipinski definition) is 6. The normalized spacial score (nSPS) is 14.9. The lowest BCUT2D eigenvalue weighted by Gasteiger charge is -2.27. The first-order valence-corrected chi connectivity index (χ1v) is 12.7. The van der Waals surface area contributed by atoms with Crippen LogP contribution < -0.4 is 9.47 Å². The molecular weight excluding hydrogens is 468 g/mol. The molecular formula is C31H44O6. The highest BCUT2D eigenvalue weighted by atomic mass is 16.8. The van der Waals surface area contributed by atoms with Crippen LogP contribution in [0.15, 0.2) is 72.8 Å². The Bertz CT molecular complexity index is 900. The van der Waals surface area contributed by atoms with Crippen LogP contribution in [0.5, 0.6) is 11.5 Å². The van der Waals surface area contributed by atoms with Gasteiger partial charge in [0, 0.05) is 5.41 Å². The second kappa shape index (κ2) is 14.3. The van der Waals surface area contributed by atoms with Crippen molar-refractivity contribution in [3.63, 3.8) is 0 Å². The minimum atomic E-state index is -0.446. The molecule has 2 aromatic carbocycles. The molecule has 6 heteroatoms. The average Bonchev–Trinajstić information content (AvgIpc) is 2.82. The van der Waals surface area contributed by atoms with Crippen LogP contribution in [0.4, 0.5) is 0 Å². The van der Waals surface area contributed by atoms with Crippen LogP contribution in [-0.4, -0.2) is 38.4 Å². The first-order chi connectivity index (χ1) is 17.4. The summed E-state index contributed by atoms with van der Waals surface area (Å²) < 4.78 is 34.4. The Morgan fingerprint density at radius 2 is 0.946 bits per heavy atom. The van der Waals surface area contributed by atoms with Crippen LogP contribution in [0.1, 0.15) is 66.5 Å². The van der Waals surface area contributed by atoms with Crippen LogP contribution in [0.25, 0.3) is 0 Å². The van der Waals surface area contributed by atoms with E-state index in [1.54, 1.807) is 0 Å². The molecule has 0 spiro atoms. The second-order valence-corrected chi connectivity index (χ2v) is 9.99. The monoisotopic (exact) mass is 512 g/mol. The maximum atomic E-state index is 5.91. The lowest BCUT2D eigenvalue weighted by atomic mass is 9.78. The Labute approximate surface area is 223 Å². The predicted octanol–water partition coefficient (Wildman–Crippen LogP) is 7.37. The highest BCUT2D eigenvalue weighted by Gasteiger charge is 2.23. The van der Waals surface area contributed by atoms with E-state index in [2.05, 4.69) is 51.3 Å². The van der Waals surface area contributed by atoms with Gasteiger partial charge in [-0.05, 0) is 76.9 Å². The third kappa shape index (κ3) is 10.7. The highest BCUT2D eigenvalue weighted by molar-refractivity contribution is 5.41. The van der Waals surface area contributed by atoms with E-state index in [0.29, 0.717) is 13.2 Å². The molecule has 4 unspecified atom stereocenters. The molecule has 0 heterocycles. The van der Waals surface area contributed by atoms with Gasteiger partial charge in [0.25, 0.3) is 0 Å². The Hall–Kier alpha value is -2.64. The predicted molar refractivity (Wildman–Crippen MR) is 148 cm³/mol. The average molecular weight is 513 g/mol. The van der Waals surface area contributed by atoms with Crippen LogP contribution in [-0.2, 0) is 24.4 Å². The van der Waals surface area contributed by atoms with E-state index in [-0.39, 0.29) is 18.0 Å².